The van der Waals surface area contributed by atoms with E-state index in [-0.39, 0.29) is 11.4 Å². The number of nitrogens with zero attached hydrogens (tertiary/aromatic N) is 7. The average Bonchev–Trinajstić information content (AvgIpc) is 3.35. The van der Waals surface area contributed by atoms with Crippen molar-refractivity contribution < 1.29 is 9.13 Å². The number of hydrogen-bond acceptors (Lipinski definition) is 7. The molecule has 0 saturated carbocycles. The maximum absolute atomic E-state index is 14.5. The zero-order chi connectivity index (χ0) is 23.7. The van der Waals surface area contributed by atoms with Gasteiger partial charge in [-0.05, 0) is 43.8 Å². The molecule has 0 radical (unpaired) electrons. The van der Waals surface area contributed by atoms with Crippen molar-refractivity contribution in [3.05, 3.63) is 66.4 Å². The SMILES string of the molecule is COc1cccc(F)c1-c1nccc(-c2cnn(-c3ccc(C)c(N4CCN(C)CC4)n3)c2)n1. The van der Waals surface area contributed by atoms with Crippen LogP contribution in [0.1, 0.15) is 5.56 Å². The second-order valence-electron chi connectivity index (χ2n) is 8.36. The number of halogens is 1. The van der Waals surface area contributed by atoms with Gasteiger partial charge in [0, 0.05) is 44.1 Å². The molecule has 3 aromatic heterocycles. The van der Waals surface area contributed by atoms with Crippen LogP contribution >= 0.6 is 0 Å². The summed E-state index contributed by atoms with van der Waals surface area (Å²) in [7, 11) is 3.64. The maximum atomic E-state index is 14.5. The van der Waals surface area contributed by atoms with E-state index in [1.165, 1.54) is 13.2 Å². The lowest BCUT2D eigenvalue weighted by atomic mass is 10.1. The highest BCUT2D eigenvalue weighted by Gasteiger charge is 2.19. The van der Waals surface area contributed by atoms with Crippen LogP contribution in [-0.4, -0.2) is 70.0 Å². The first-order valence-electron chi connectivity index (χ1n) is 11.2. The Balaban J connectivity index is 1.46. The molecular weight excluding hydrogens is 433 g/mol. The third-order valence-electron chi connectivity index (χ3n) is 6.05. The fourth-order valence-electron chi connectivity index (χ4n) is 4.09. The number of rotatable bonds is 5. The highest BCUT2D eigenvalue weighted by Crippen LogP contribution is 2.31. The lowest BCUT2D eigenvalue weighted by Gasteiger charge is -2.34. The van der Waals surface area contributed by atoms with Gasteiger partial charge in [-0.25, -0.2) is 24.0 Å². The third-order valence-corrected chi connectivity index (χ3v) is 6.05. The Bertz CT molecular complexity index is 1310. The van der Waals surface area contributed by atoms with Gasteiger partial charge >= 0.3 is 0 Å². The van der Waals surface area contributed by atoms with E-state index in [2.05, 4.69) is 44.9 Å². The standard InChI is InChI=1S/C25H26FN7O/c1-17-7-8-22(30-25(17)32-13-11-31(2)12-14-32)33-16-18(15-28-33)20-9-10-27-24(29-20)23-19(26)5-4-6-21(23)34-3/h4-10,15-16H,11-14H2,1-3H3. The van der Waals surface area contributed by atoms with Crippen molar-refractivity contribution in [3.8, 4) is 34.2 Å². The minimum absolute atomic E-state index is 0.233. The van der Waals surface area contributed by atoms with E-state index in [9.17, 15) is 4.39 Å². The number of aryl methyl sites for hydroxylation is 1. The molecule has 0 N–H and O–H groups in total. The molecule has 9 heteroatoms. The van der Waals surface area contributed by atoms with Gasteiger partial charge in [-0.3, -0.25) is 0 Å². The smallest absolute Gasteiger partial charge is 0.166 e. The van der Waals surface area contributed by atoms with Crippen molar-refractivity contribution in [2.45, 2.75) is 6.92 Å². The quantitative estimate of drug-likeness (QED) is 0.452. The van der Waals surface area contributed by atoms with Gasteiger partial charge in [-0.15, -0.1) is 0 Å². The average molecular weight is 460 g/mol. The molecule has 0 unspecified atom stereocenters. The number of aromatic nitrogens is 5. The number of pyridine rings is 1. The number of ether oxygens (including phenoxy) is 1. The van der Waals surface area contributed by atoms with E-state index in [4.69, 9.17) is 9.72 Å². The van der Waals surface area contributed by atoms with E-state index in [0.29, 0.717) is 11.4 Å². The molecule has 1 aliphatic heterocycles. The van der Waals surface area contributed by atoms with Crippen molar-refractivity contribution in [2.75, 3.05) is 45.2 Å². The van der Waals surface area contributed by atoms with Crippen molar-refractivity contribution in [1.29, 1.82) is 0 Å². The molecule has 0 amide bonds. The number of anilines is 1. The Hall–Kier alpha value is -3.85. The van der Waals surface area contributed by atoms with Crippen molar-refractivity contribution in [3.63, 3.8) is 0 Å². The van der Waals surface area contributed by atoms with Gasteiger partial charge in [0.1, 0.15) is 17.4 Å². The van der Waals surface area contributed by atoms with Crippen molar-refractivity contribution in [1.82, 2.24) is 29.6 Å². The summed E-state index contributed by atoms with van der Waals surface area (Å²) in [6.45, 7) is 6.00. The minimum Gasteiger partial charge on any atom is -0.496 e. The van der Waals surface area contributed by atoms with E-state index in [1.54, 1.807) is 35.3 Å². The predicted octanol–water partition coefficient (Wildman–Crippen LogP) is 3.60. The Morgan fingerprint density at radius 2 is 1.82 bits per heavy atom. The largest absolute Gasteiger partial charge is 0.496 e. The molecule has 1 aromatic carbocycles. The summed E-state index contributed by atoms with van der Waals surface area (Å²) >= 11 is 0. The molecule has 1 aliphatic rings. The number of benzene rings is 1. The van der Waals surface area contributed by atoms with Gasteiger partial charge in [0.15, 0.2) is 11.6 Å². The summed E-state index contributed by atoms with van der Waals surface area (Å²) < 4.78 is 21.6. The molecule has 8 nitrogen and oxygen atoms in total. The molecule has 0 spiro atoms. The summed E-state index contributed by atoms with van der Waals surface area (Å²) in [5.74, 6) is 1.92. The molecule has 4 aromatic rings. The first-order chi connectivity index (χ1) is 16.5. The van der Waals surface area contributed by atoms with Crippen LogP contribution in [0.3, 0.4) is 0 Å². The Morgan fingerprint density at radius 1 is 1.00 bits per heavy atom. The van der Waals surface area contributed by atoms with E-state index in [1.807, 2.05) is 12.3 Å². The topological polar surface area (TPSA) is 72.2 Å². The molecule has 1 saturated heterocycles. The van der Waals surface area contributed by atoms with Gasteiger partial charge < -0.3 is 14.5 Å². The lowest BCUT2D eigenvalue weighted by Crippen LogP contribution is -2.45. The second kappa shape index (κ2) is 9.18. The van der Waals surface area contributed by atoms with Crippen LogP contribution in [0.5, 0.6) is 5.75 Å². The van der Waals surface area contributed by atoms with E-state index >= 15 is 0 Å². The monoisotopic (exact) mass is 459 g/mol. The molecule has 34 heavy (non-hydrogen) atoms. The normalized spacial score (nSPS) is 14.4. The summed E-state index contributed by atoms with van der Waals surface area (Å²) in [5, 5.41) is 4.51. The number of piperazine rings is 1. The van der Waals surface area contributed by atoms with Crippen molar-refractivity contribution in [2.24, 2.45) is 0 Å². The van der Waals surface area contributed by atoms with Crippen LogP contribution in [0, 0.1) is 12.7 Å². The van der Waals surface area contributed by atoms with Crippen LogP contribution in [0.25, 0.3) is 28.5 Å². The summed E-state index contributed by atoms with van der Waals surface area (Å²) in [5.41, 5.74) is 2.78. The van der Waals surface area contributed by atoms with Gasteiger partial charge in [-0.1, -0.05) is 12.1 Å². The zero-order valence-electron chi connectivity index (χ0n) is 19.4. The van der Waals surface area contributed by atoms with Crippen LogP contribution in [0.2, 0.25) is 0 Å². The van der Waals surface area contributed by atoms with Gasteiger partial charge in [0.2, 0.25) is 0 Å². The third kappa shape index (κ3) is 4.22. The summed E-state index contributed by atoms with van der Waals surface area (Å²) in [6.07, 6.45) is 5.20. The van der Waals surface area contributed by atoms with Gasteiger partial charge in [0.05, 0.1) is 24.6 Å². The molecule has 4 heterocycles. The number of hydrogen-bond donors (Lipinski definition) is 0. The Labute approximate surface area is 197 Å². The lowest BCUT2D eigenvalue weighted by molar-refractivity contribution is 0.312. The molecule has 174 valence electrons. The molecular formula is C25H26FN7O. The van der Waals surface area contributed by atoms with Crippen LogP contribution in [0.15, 0.2) is 55.0 Å². The summed E-state index contributed by atoms with van der Waals surface area (Å²) in [6, 6.07) is 10.5. The van der Waals surface area contributed by atoms with Gasteiger partial charge in [-0.2, -0.15) is 5.10 Å². The molecule has 0 aliphatic carbocycles. The van der Waals surface area contributed by atoms with Crippen molar-refractivity contribution >= 4 is 5.82 Å². The minimum atomic E-state index is -0.438. The number of methoxy groups -OCH3 is 1. The summed E-state index contributed by atoms with van der Waals surface area (Å²) in [4.78, 5) is 18.4. The molecule has 0 atom stereocenters. The maximum Gasteiger partial charge on any atom is 0.166 e. The van der Waals surface area contributed by atoms with Crippen LogP contribution in [0.4, 0.5) is 10.2 Å². The highest BCUT2D eigenvalue weighted by molar-refractivity contribution is 5.68. The fourth-order valence-corrected chi connectivity index (χ4v) is 4.09. The van der Waals surface area contributed by atoms with Crippen LogP contribution < -0.4 is 9.64 Å². The molecule has 0 bridgehead atoms. The van der Waals surface area contributed by atoms with E-state index in [0.717, 1.165) is 48.9 Å². The van der Waals surface area contributed by atoms with Crippen LogP contribution in [-0.2, 0) is 0 Å². The molecule has 1 fully saturated rings. The predicted molar refractivity (Wildman–Crippen MR) is 129 cm³/mol. The van der Waals surface area contributed by atoms with Gasteiger partial charge in [0.25, 0.3) is 0 Å². The second-order valence-corrected chi connectivity index (χ2v) is 8.36. The van der Waals surface area contributed by atoms with E-state index < -0.39 is 5.82 Å². The first kappa shape index (κ1) is 22.0. The Kier molecular flexibility index (Phi) is 5.93. The fraction of sp³-hybridized carbons (Fsp3) is 0.280. The highest BCUT2D eigenvalue weighted by atomic mass is 19.1. The Morgan fingerprint density at radius 3 is 2.62 bits per heavy atom. The molecule has 5 rings (SSSR count). The number of likely N-dealkylation sites (N-methyl/N-ethyl adjacent to an activating group) is 1. The zero-order valence-corrected chi connectivity index (χ0v) is 19.4. The first-order valence-corrected chi connectivity index (χ1v) is 11.2.